The summed E-state index contributed by atoms with van der Waals surface area (Å²) in [5.41, 5.74) is 2.69. The first-order valence-corrected chi connectivity index (χ1v) is 10.1. The van der Waals surface area contributed by atoms with E-state index in [2.05, 4.69) is 130 Å². The van der Waals surface area contributed by atoms with Gasteiger partial charge in [-0.2, -0.15) is 0 Å². The number of carbonyl (C=O) groups excluding carboxylic acids is 5. The van der Waals surface area contributed by atoms with Gasteiger partial charge < -0.3 is 0 Å². The fourth-order valence-corrected chi connectivity index (χ4v) is 4.35. The van der Waals surface area contributed by atoms with E-state index in [0.29, 0.717) is 12.1 Å². The SMILES string of the molecule is C[C@@H](c1ccccc1)n1ccn([C@@H](C)c2ccccc2)[c]1=[W].[C]=O.[C]=O.[C]=O.[C]=O.[C]=O. The van der Waals surface area contributed by atoms with E-state index < -0.39 is 0 Å². The molecule has 0 aliphatic carbocycles. The minimum Gasteiger partial charge on any atom is -0.281 e. The maximum absolute atomic E-state index is 7.50. The molecular weight excluding hydrogens is 580 g/mol. The first-order chi connectivity index (χ1) is 15.7. The Morgan fingerprint density at radius 3 is 1.06 bits per heavy atom. The van der Waals surface area contributed by atoms with Crippen molar-refractivity contribution in [3.63, 3.8) is 0 Å². The Hall–Kier alpha value is -3.31. The van der Waals surface area contributed by atoms with Crippen LogP contribution >= 0.6 is 0 Å². The molecule has 3 rings (SSSR count). The Morgan fingerprint density at radius 2 is 0.812 bits per heavy atom. The van der Waals surface area contributed by atoms with Crippen LogP contribution in [0.5, 0.6) is 0 Å². The summed E-state index contributed by atoms with van der Waals surface area (Å²) in [5, 5.41) is 0. The van der Waals surface area contributed by atoms with Crippen molar-refractivity contribution in [1.29, 1.82) is 0 Å². The standard InChI is InChI=1S/C19H20N2.5CO.W/c1-16(18-9-5-3-6-10-18)20-13-14-21(15-20)17(2)19-11-7-4-8-12-19;5*1-2;/h3-14,16-17H,1-2H3;;;;;;/t16-,17-;;;;;;/m0....../s1. The first kappa shape index (κ1) is 33.3. The maximum Gasteiger partial charge on any atom is 0.281 e. The zero-order valence-corrected chi connectivity index (χ0v) is 20.4. The molecule has 0 aliphatic heterocycles. The van der Waals surface area contributed by atoms with Gasteiger partial charge in [0.25, 0.3) is 33.9 Å². The predicted octanol–water partition coefficient (Wildman–Crippen LogP) is 2.60. The molecule has 2 aromatic carbocycles. The summed E-state index contributed by atoms with van der Waals surface area (Å²) in [6, 6.07) is 22.1. The van der Waals surface area contributed by atoms with E-state index in [0.717, 1.165) is 0 Å². The molecule has 2 atom stereocenters. The molecule has 0 spiro atoms. The molecule has 7 nitrogen and oxygen atoms in total. The van der Waals surface area contributed by atoms with E-state index in [-0.39, 0.29) is 0 Å². The van der Waals surface area contributed by atoms with Gasteiger partial charge in [0.2, 0.25) is 0 Å². The van der Waals surface area contributed by atoms with E-state index in [1.165, 1.54) is 34.3 Å². The number of benzene rings is 2. The number of hydrogen-bond acceptors (Lipinski definition) is 5. The zero-order chi connectivity index (χ0) is 25.5. The Labute approximate surface area is 200 Å². The molecule has 162 valence electrons. The van der Waals surface area contributed by atoms with Crippen molar-refractivity contribution in [2.24, 2.45) is 0 Å². The third-order valence-electron chi connectivity index (χ3n) is 4.23. The average Bonchev–Trinajstić information content (AvgIpc) is 3.31. The van der Waals surface area contributed by atoms with Crippen molar-refractivity contribution in [2.45, 2.75) is 25.9 Å². The maximum atomic E-state index is 7.50. The van der Waals surface area contributed by atoms with Gasteiger partial charge in [0.1, 0.15) is 0 Å². The zero-order valence-electron chi connectivity index (χ0n) is 17.4. The van der Waals surface area contributed by atoms with Gasteiger partial charge in [-0.1, -0.05) is 0 Å². The molecule has 1 aromatic heterocycles. The van der Waals surface area contributed by atoms with Gasteiger partial charge >= 0.3 is 142 Å². The number of rotatable bonds is 4. The van der Waals surface area contributed by atoms with Crippen LogP contribution in [0.3, 0.4) is 0 Å². The summed E-state index contributed by atoms with van der Waals surface area (Å²) in [5.74, 6) is 0. The predicted molar refractivity (Wildman–Crippen MR) is 115 cm³/mol. The number of hydrogen-bond donors (Lipinski definition) is 0. The monoisotopic (exact) mass is 600 g/mol. The Morgan fingerprint density at radius 1 is 0.562 bits per heavy atom. The molecule has 1 heterocycles. The fourth-order valence-electron chi connectivity index (χ4n) is 2.78. The molecule has 0 aliphatic rings. The van der Waals surface area contributed by atoms with E-state index in [9.17, 15) is 0 Å². The van der Waals surface area contributed by atoms with Crippen molar-refractivity contribution < 1.29 is 43.3 Å². The van der Waals surface area contributed by atoms with E-state index in [1.54, 1.807) is 0 Å². The van der Waals surface area contributed by atoms with E-state index >= 15 is 0 Å². The van der Waals surface area contributed by atoms with Crippen molar-refractivity contribution in [2.75, 3.05) is 0 Å². The summed E-state index contributed by atoms with van der Waals surface area (Å²) < 4.78 is 6.11. The molecule has 0 N–H and O–H groups in total. The summed E-state index contributed by atoms with van der Waals surface area (Å²) >= 11 is 1.49. The van der Waals surface area contributed by atoms with Gasteiger partial charge in [0, 0.05) is 0 Å². The number of aromatic nitrogens is 2. The minimum atomic E-state index is 0.359. The van der Waals surface area contributed by atoms with Gasteiger partial charge in [-0.3, -0.25) is 24.0 Å². The van der Waals surface area contributed by atoms with Crippen LogP contribution in [0.2, 0.25) is 0 Å². The van der Waals surface area contributed by atoms with Gasteiger partial charge in [0.15, 0.2) is 0 Å². The summed E-state index contributed by atoms with van der Waals surface area (Å²) in [6.45, 7) is 27.0. The van der Waals surface area contributed by atoms with Crippen molar-refractivity contribution in [3.8, 4) is 0 Å². The smallest absolute Gasteiger partial charge is 0.281 e. The third-order valence-corrected chi connectivity index (χ3v) is 5.74. The summed E-state index contributed by atoms with van der Waals surface area (Å²) in [6.07, 6.45) is 4.42. The molecule has 0 unspecified atom stereocenters. The van der Waals surface area contributed by atoms with Crippen LogP contribution in [0.1, 0.15) is 37.1 Å². The molecule has 0 bridgehead atoms. The molecule has 0 saturated carbocycles. The molecule has 3 aromatic rings. The van der Waals surface area contributed by atoms with Crippen LogP contribution < -0.4 is 0 Å². The van der Waals surface area contributed by atoms with Crippen molar-refractivity contribution >= 4 is 33.9 Å². The molecule has 0 fully saturated rings. The summed E-state index contributed by atoms with van der Waals surface area (Å²) in [4.78, 5) is 37.5. The average molecular weight is 600 g/mol. The van der Waals surface area contributed by atoms with Crippen LogP contribution in [0.15, 0.2) is 73.1 Å². The van der Waals surface area contributed by atoms with Crippen LogP contribution in [0, 0.1) is 3.80 Å². The van der Waals surface area contributed by atoms with Gasteiger partial charge in [-0.15, -0.1) is 0 Å². The molecular formula is C24H20N2O5W. The van der Waals surface area contributed by atoms with Crippen molar-refractivity contribution in [1.82, 2.24) is 9.13 Å². The van der Waals surface area contributed by atoms with Gasteiger partial charge in [-0.25, -0.2) is 0 Å². The van der Waals surface area contributed by atoms with E-state index in [4.69, 9.17) is 24.0 Å². The van der Waals surface area contributed by atoms with E-state index in [1.807, 2.05) is 0 Å². The van der Waals surface area contributed by atoms with Crippen LogP contribution in [-0.4, -0.2) is 43.1 Å². The third kappa shape index (κ3) is 10.1. The Bertz CT molecular complexity index is 807. The second kappa shape index (κ2) is 22.4. The largest absolute Gasteiger partial charge is 0.281 e. The first-order valence-electron chi connectivity index (χ1n) is 8.59. The second-order valence-electron chi connectivity index (χ2n) is 5.57. The second-order valence-corrected chi connectivity index (χ2v) is 6.88. The number of nitrogens with zero attached hydrogens (tertiary/aromatic N) is 2. The van der Waals surface area contributed by atoms with Crippen LogP contribution in [0.4, 0.5) is 0 Å². The topological polar surface area (TPSA) is 95.2 Å². The Kier molecular flexibility index (Phi) is 23.3. The molecule has 8 heteroatoms. The number of imidazole rings is 1. The minimum absolute atomic E-state index is 0.359. The molecule has 10 radical (unpaired) electrons. The molecule has 0 amide bonds. The quantitative estimate of drug-likeness (QED) is 0.459. The molecule has 0 saturated heterocycles. The van der Waals surface area contributed by atoms with Gasteiger partial charge in [-0.05, 0) is 0 Å². The van der Waals surface area contributed by atoms with Gasteiger partial charge in [0.05, 0.1) is 0 Å². The van der Waals surface area contributed by atoms with Crippen LogP contribution in [0.25, 0.3) is 0 Å². The molecule has 32 heavy (non-hydrogen) atoms. The van der Waals surface area contributed by atoms with Crippen molar-refractivity contribution in [3.05, 3.63) is 88.0 Å². The summed E-state index contributed by atoms with van der Waals surface area (Å²) in [7, 11) is 0. The van der Waals surface area contributed by atoms with Crippen LogP contribution in [-0.2, 0) is 43.3 Å². The fraction of sp³-hybridized carbons (Fsp3) is 0.167. The Balaban J connectivity index is -0.000000744. The normalized spacial score (nSPS) is 10.1.